The molecule has 0 radical (unpaired) electrons. The number of carbonyl (C=O) groups excluding carboxylic acids is 2. The van der Waals surface area contributed by atoms with Gasteiger partial charge in [0.15, 0.2) is 17.5 Å². The summed E-state index contributed by atoms with van der Waals surface area (Å²) in [5.74, 6) is -4.69. The van der Waals surface area contributed by atoms with Crippen molar-refractivity contribution in [1.82, 2.24) is 5.32 Å². The van der Waals surface area contributed by atoms with Crippen LogP contribution in [0.25, 0.3) is 0 Å². The van der Waals surface area contributed by atoms with E-state index in [-0.39, 0.29) is 23.3 Å². The monoisotopic (exact) mass is 394 g/mol. The van der Waals surface area contributed by atoms with Gasteiger partial charge in [-0.25, -0.2) is 13.2 Å². The Morgan fingerprint density at radius 2 is 1.64 bits per heavy atom. The highest BCUT2D eigenvalue weighted by Crippen LogP contribution is 2.69. The van der Waals surface area contributed by atoms with Crippen molar-refractivity contribution in [1.29, 1.82) is 0 Å². The lowest BCUT2D eigenvalue weighted by Crippen LogP contribution is -2.60. The van der Waals surface area contributed by atoms with E-state index in [9.17, 15) is 22.8 Å². The van der Waals surface area contributed by atoms with Gasteiger partial charge in [0.2, 0.25) is 11.8 Å². The van der Waals surface area contributed by atoms with Gasteiger partial charge in [0.1, 0.15) is 0 Å². The maximum atomic E-state index is 13.7. The van der Waals surface area contributed by atoms with Crippen LogP contribution in [0.1, 0.15) is 52.4 Å². The zero-order valence-electron chi connectivity index (χ0n) is 16.1. The van der Waals surface area contributed by atoms with Gasteiger partial charge in [0, 0.05) is 0 Å². The number of amides is 2. The zero-order chi connectivity index (χ0) is 20.3. The van der Waals surface area contributed by atoms with Crippen molar-refractivity contribution in [3.8, 4) is 0 Å². The Kier molecular flexibility index (Phi) is 4.28. The van der Waals surface area contributed by atoms with Crippen LogP contribution in [0, 0.1) is 39.6 Å². The quantitative estimate of drug-likeness (QED) is 0.754. The van der Waals surface area contributed by atoms with Crippen LogP contribution in [0.2, 0.25) is 0 Å². The lowest BCUT2D eigenvalue weighted by Gasteiger charge is -2.64. The molecule has 4 aliphatic rings. The third-order valence-corrected chi connectivity index (χ3v) is 6.83. The van der Waals surface area contributed by atoms with Gasteiger partial charge in [-0.05, 0) is 67.4 Å². The fourth-order valence-electron chi connectivity index (χ4n) is 6.87. The number of rotatable bonds is 4. The lowest BCUT2D eigenvalue weighted by atomic mass is 9.40. The molecule has 7 heteroatoms. The Labute approximate surface area is 162 Å². The summed E-state index contributed by atoms with van der Waals surface area (Å²) in [7, 11) is 0. The van der Waals surface area contributed by atoms with Gasteiger partial charge in [-0.15, -0.1) is 0 Å². The molecule has 4 saturated carbocycles. The number of anilines is 1. The summed E-state index contributed by atoms with van der Waals surface area (Å²) in [5.41, 5.74) is -0.561. The van der Waals surface area contributed by atoms with Crippen LogP contribution in [-0.4, -0.2) is 18.4 Å². The van der Waals surface area contributed by atoms with Crippen LogP contribution in [0.5, 0.6) is 0 Å². The van der Waals surface area contributed by atoms with E-state index in [4.69, 9.17) is 0 Å². The second-order valence-corrected chi connectivity index (χ2v) is 9.86. The van der Waals surface area contributed by atoms with E-state index in [1.807, 2.05) is 0 Å². The van der Waals surface area contributed by atoms with Crippen molar-refractivity contribution < 1.29 is 22.8 Å². The largest absolute Gasteiger partial charge is 0.347 e. The fourth-order valence-corrected chi connectivity index (χ4v) is 6.87. The molecule has 4 nitrogen and oxygen atoms in total. The van der Waals surface area contributed by atoms with Crippen LogP contribution < -0.4 is 10.6 Å². The molecule has 2 N–H and O–H groups in total. The molecule has 1 aromatic rings. The molecule has 2 atom stereocenters. The molecule has 2 unspecified atom stereocenters. The second-order valence-electron chi connectivity index (χ2n) is 9.86. The summed E-state index contributed by atoms with van der Waals surface area (Å²) >= 11 is 0. The average Bonchev–Trinajstić information content (AvgIpc) is 2.57. The molecule has 152 valence electrons. The van der Waals surface area contributed by atoms with E-state index in [0.717, 1.165) is 50.7 Å². The van der Waals surface area contributed by atoms with Crippen molar-refractivity contribution in [2.75, 3.05) is 11.9 Å². The van der Waals surface area contributed by atoms with Crippen LogP contribution in [-0.2, 0) is 9.59 Å². The Balaban J connectivity index is 1.41. The second kappa shape index (κ2) is 6.22. The first-order valence-electron chi connectivity index (χ1n) is 9.75. The predicted molar refractivity (Wildman–Crippen MR) is 97.8 cm³/mol. The van der Waals surface area contributed by atoms with Crippen LogP contribution >= 0.6 is 0 Å². The number of hydrogen-bond donors (Lipinski definition) is 2. The molecule has 2 amide bonds. The van der Waals surface area contributed by atoms with Crippen molar-refractivity contribution in [2.24, 2.45) is 22.2 Å². The van der Waals surface area contributed by atoms with Gasteiger partial charge in [0.05, 0.1) is 17.6 Å². The number of halogens is 3. The van der Waals surface area contributed by atoms with Gasteiger partial charge >= 0.3 is 0 Å². The summed E-state index contributed by atoms with van der Waals surface area (Å²) in [6.07, 6.45) is 5.97. The molecular weight excluding hydrogens is 369 g/mol. The molecule has 1 aromatic carbocycles. The number of hydrogen-bond acceptors (Lipinski definition) is 2. The van der Waals surface area contributed by atoms with Crippen molar-refractivity contribution in [2.45, 2.75) is 52.4 Å². The van der Waals surface area contributed by atoms with Crippen molar-refractivity contribution in [3.05, 3.63) is 29.6 Å². The predicted octanol–water partition coefficient (Wildman–Crippen LogP) is 4.16. The summed E-state index contributed by atoms with van der Waals surface area (Å²) in [5, 5.41) is 4.89. The summed E-state index contributed by atoms with van der Waals surface area (Å²) < 4.78 is 40.0. The van der Waals surface area contributed by atoms with Gasteiger partial charge in [0.25, 0.3) is 0 Å². The third-order valence-electron chi connectivity index (χ3n) is 6.83. The van der Waals surface area contributed by atoms with Crippen LogP contribution in [0.3, 0.4) is 0 Å². The lowest BCUT2D eigenvalue weighted by molar-refractivity contribution is -0.170. The minimum atomic E-state index is -1.64. The topological polar surface area (TPSA) is 58.2 Å². The summed E-state index contributed by atoms with van der Waals surface area (Å²) in [4.78, 5) is 25.1. The summed E-state index contributed by atoms with van der Waals surface area (Å²) in [6.45, 7) is 4.18. The molecule has 4 fully saturated rings. The first kappa shape index (κ1) is 19.3. The molecule has 0 heterocycles. The smallest absolute Gasteiger partial charge is 0.243 e. The maximum Gasteiger partial charge on any atom is 0.243 e. The van der Waals surface area contributed by atoms with Crippen LogP contribution in [0.15, 0.2) is 12.1 Å². The average molecular weight is 394 g/mol. The van der Waals surface area contributed by atoms with Crippen molar-refractivity contribution >= 4 is 17.5 Å². The van der Waals surface area contributed by atoms with E-state index < -0.39 is 34.5 Å². The SMILES string of the molecule is CC12CC3CC(C)(C1)CC(C(=O)NCC(=O)Nc1ccc(F)c(F)c1F)(C3)C2. The molecule has 0 aliphatic heterocycles. The summed E-state index contributed by atoms with van der Waals surface area (Å²) in [6, 6.07) is 1.69. The van der Waals surface area contributed by atoms with Crippen LogP contribution in [0.4, 0.5) is 18.9 Å². The van der Waals surface area contributed by atoms with E-state index in [2.05, 4.69) is 24.5 Å². The molecule has 0 saturated heterocycles. The van der Waals surface area contributed by atoms with E-state index in [1.54, 1.807) is 0 Å². The number of benzene rings is 1. The normalized spacial score (nSPS) is 35.7. The number of carbonyl (C=O) groups is 2. The fraction of sp³-hybridized carbons (Fsp3) is 0.619. The van der Waals surface area contributed by atoms with E-state index in [1.165, 1.54) is 0 Å². The molecule has 0 aromatic heterocycles. The Morgan fingerprint density at radius 3 is 2.25 bits per heavy atom. The highest BCUT2D eigenvalue weighted by atomic mass is 19.2. The first-order valence-corrected chi connectivity index (χ1v) is 9.75. The molecular formula is C21H25F3N2O2. The van der Waals surface area contributed by atoms with E-state index in [0.29, 0.717) is 5.92 Å². The van der Waals surface area contributed by atoms with E-state index >= 15 is 0 Å². The highest BCUT2D eigenvalue weighted by Gasteiger charge is 2.62. The molecule has 4 aliphatic carbocycles. The molecule has 28 heavy (non-hydrogen) atoms. The third kappa shape index (κ3) is 3.18. The van der Waals surface area contributed by atoms with Gasteiger partial charge < -0.3 is 10.6 Å². The zero-order valence-corrected chi connectivity index (χ0v) is 16.1. The first-order chi connectivity index (χ1) is 13.0. The molecule has 4 bridgehead atoms. The molecule has 0 spiro atoms. The minimum Gasteiger partial charge on any atom is -0.347 e. The highest BCUT2D eigenvalue weighted by molar-refractivity contribution is 5.95. The minimum absolute atomic E-state index is 0.130. The van der Waals surface area contributed by atoms with Crippen molar-refractivity contribution in [3.63, 3.8) is 0 Å². The maximum absolute atomic E-state index is 13.7. The Morgan fingerprint density at radius 1 is 1.00 bits per heavy atom. The Hall–Kier alpha value is -2.05. The molecule has 5 rings (SSSR count). The standard InChI is InChI=1S/C21H25F3N2O2/c1-19-5-12-6-20(2,9-19)11-21(7-12,10-19)18(28)25-8-15(27)26-14-4-3-13(22)16(23)17(14)24/h3-4,12H,5-11H2,1-2H3,(H,25,28)(H,26,27). The van der Waals surface area contributed by atoms with Gasteiger partial charge in [-0.3, -0.25) is 9.59 Å². The number of nitrogens with one attached hydrogen (secondary N) is 2. The van der Waals surface area contributed by atoms with Gasteiger partial charge in [-0.2, -0.15) is 0 Å². The van der Waals surface area contributed by atoms with Gasteiger partial charge in [-0.1, -0.05) is 13.8 Å². The Bertz CT molecular complexity index is 838.